The van der Waals surface area contributed by atoms with Crippen molar-refractivity contribution in [1.29, 1.82) is 0 Å². The van der Waals surface area contributed by atoms with Gasteiger partial charge in [0.15, 0.2) is 0 Å². The molecular formula is C23H30N6O2. The number of rotatable bonds is 7. The number of ether oxygens (including phenoxy) is 1. The number of carbonyl (C=O) groups is 1. The van der Waals surface area contributed by atoms with Crippen LogP contribution < -0.4 is 16.0 Å². The third kappa shape index (κ3) is 5.03. The average molecular weight is 423 g/mol. The molecule has 0 spiro atoms. The van der Waals surface area contributed by atoms with Crippen molar-refractivity contribution in [2.75, 3.05) is 32.1 Å². The third-order valence-electron chi connectivity index (χ3n) is 5.66. The monoisotopic (exact) mass is 422 g/mol. The molecule has 0 aromatic carbocycles. The molecule has 1 aliphatic heterocycles. The standard InChI is InChI=1S/C23H30N6O2/c1-23(2,31-3)15-26-22(30)16-9-11-29-19(14-25-21(29)12-16)18-7-4-8-20(28-18)27-17-6-5-10-24-13-17/h4,7-9,11-12,14,17,24H,5-6,10,13,15H2,1-3H3,(H,26,30)(H,27,28). The van der Waals surface area contributed by atoms with Gasteiger partial charge in [0, 0.05) is 38.0 Å². The molecule has 1 saturated heterocycles. The number of aromatic nitrogens is 3. The summed E-state index contributed by atoms with van der Waals surface area (Å²) in [7, 11) is 1.63. The van der Waals surface area contributed by atoms with Gasteiger partial charge < -0.3 is 20.7 Å². The van der Waals surface area contributed by atoms with Crippen molar-refractivity contribution < 1.29 is 9.53 Å². The largest absolute Gasteiger partial charge is 0.377 e. The number of nitrogens with zero attached hydrogens (tertiary/aromatic N) is 3. The van der Waals surface area contributed by atoms with Crippen LogP contribution in [0.4, 0.5) is 5.82 Å². The SMILES string of the molecule is COC(C)(C)CNC(=O)c1ccn2c(-c3cccc(NC4CCCNC4)n3)cnc2c1. The van der Waals surface area contributed by atoms with Crippen molar-refractivity contribution in [2.45, 2.75) is 38.3 Å². The summed E-state index contributed by atoms with van der Waals surface area (Å²) in [6.45, 7) is 6.31. The maximum absolute atomic E-state index is 12.5. The highest BCUT2D eigenvalue weighted by atomic mass is 16.5. The van der Waals surface area contributed by atoms with Crippen LogP contribution in [0.25, 0.3) is 17.0 Å². The van der Waals surface area contributed by atoms with Crippen molar-refractivity contribution in [2.24, 2.45) is 0 Å². The first-order valence-electron chi connectivity index (χ1n) is 10.7. The Bertz CT molecular complexity index is 1060. The van der Waals surface area contributed by atoms with E-state index in [2.05, 4.69) is 20.9 Å². The Morgan fingerprint density at radius 3 is 3.00 bits per heavy atom. The lowest BCUT2D eigenvalue weighted by atomic mass is 10.1. The lowest BCUT2D eigenvalue weighted by molar-refractivity contribution is 0.0229. The first-order chi connectivity index (χ1) is 14.9. The second kappa shape index (κ2) is 9.03. The van der Waals surface area contributed by atoms with Crippen molar-refractivity contribution in [3.8, 4) is 11.4 Å². The molecule has 3 aromatic heterocycles. The van der Waals surface area contributed by atoms with Gasteiger partial charge in [0.1, 0.15) is 11.5 Å². The molecule has 1 amide bonds. The van der Waals surface area contributed by atoms with Crippen LogP contribution >= 0.6 is 0 Å². The van der Waals surface area contributed by atoms with Crippen LogP contribution in [0, 0.1) is 0 Å². The number of pyridine rings is 2. The Kier molecular flexibility index (Phi) is 6.20. The number of imidazole rings is 1. The molecule has 164 valence electrons. The molecule has 8 heteroatoms. The van der Waals surface area contributed by atoms with Gasteiger partial charge in [-0.1, -0.05) is 6.07 Å². The molecule has 3 aromatic rings. The van der Waals surface area contributed by atoms with E-state index < -0.39 is 5.60 Å². The molecule has 0 aliphatic carbocycles. The summed E-state index contributed by atoms with van der Waals surface area (Å²) < 4.78 is 7.31. The normalized spacial score (nSPS) is 16.9. The highest BCUT2D eigenvalue weighted by Gasteiger charge is 2.19. The number of hydrogen-bond acceptors (Lipinski definition) is 6. The highest BCUT2D eigenvalue weighted by molar-refractivity contribution is 5.95. The van der Waals surface area contributed by atoms with E-state index in [1.165, 1.54) is 6.42 Å². The maximum atomic E-state index is 12.5. The molecule has 8 nitrogen and oxygen atoms in total. The lowest BCUT2D eigenvalue weighted by Crippen LogP contribution is -2.39. The minimum atomic E-state index is -0.418. The van der Waals surface area contributed by atoms with Crippen LogP contribution in [0.5, 0.6) is 0 Å². The van der Waals surface area contributed by atoms with E-state index in [0.29, 0.717) is 23.8 Å². The zero-order chi connectivity index (χ0) is 21.8. The van der Waals surface area contributed by atoms with Crippen LogP contribution in [-0.4, -0.2) is 58.7 Å². The topological polar surface area (TPSA) is 92.6 Å². The molecule has 0 bridgehead atoms. The van der Waals surface area contributed by atoms with Gasteiger partial charge in [0.25, 0.3) is 5.91 Å². The Balaban J connectivity index is 1.52. The molecule has 1 fully saturated rings. The predicted octanol–water partition coefficient (Wildman–Crippen LogP) is 2.71. The van der Waals surface area contributed by atoms with E-state index in [1.54, 1.807) is 25.4 Å². The smallest absolute Gasteiger partial charge is 0.251 e. The number of hydrogen-bond donors (Lipinski definition) is 3. The number of methoxy groups -OCH3 is 1. The molecule has 0 saturated carbocycles. The minimum absolute atomic E-state index is 0.150. The van der Waals surface area contributed by atoms with Crippen LogP contribution in [0.2, 0.25) is 0 Å². The second-order valence-electron chi connectivity index (χ2n) is 8.53. The van der Waals surface area contributed by atoms with Crippen molar-refractivity contribution >= 4 is 17.4 Å². The summed E-state index contributed by atoms with van der Waals surface area (Å²) in [4.78, 5) is 21.8. The minimum Gasteiger partial charge on any atom is -0.377 e. The summed E-state index contributed by atoms with van der Waals surface area (Å²) in [5.41, 5.74) is 2.56. The summed E-state index contributed by atoms with van der Waals surface area (Å²) in [5, 5.41) is 9.84. The number of fused-ring (bicyclic) bond motifs is 1. The van der Waals surface area contributed by atoms with Gasteiger partial charge in [-0.25, -0.2) is 9.97 Å². The first-order valence-corrected chi connectivity index (χ1v) is 10.7. The molecule has 4 heterocycles. The molecule has 31 heavy (non-hydrogen) atoms. The van der Waals surface area contributed by atoms with E-state index in [4.69, 9.17) is 9.72 Å². The number of nitrogens with one attached hydrogen (secondary N) is 3. The molecular weight excluding hydrogens is 392 g/mol. The van der Waals surface area contributed by atoms with Crippen LogP contribution in [0.15, 0.2) is 42.7 Å². The number of anilines is 1. The molecule has 1 aliphatic rings. The van der Waals surface area contributed by atoms with Gasteiger partial charge in [-0.3, -0.25) is 9.20 Å². The fourth-order valence-electron chi connectivity index (χ4n) is 3.62. The Morgan fingerprint density at radius 1 is 1.35 bits per heavy atom. The van der Waals surface area contributed by atoms with Gasteiger partial charge in [-0.05, 0) is 57.5 Å². The van der Waals surface area contributed by atoms with Crippen LogP contribution in [-0.2, 0) is 4.74 Å². The van der Waals surface area contributed by atoms with Gasteiger partial charge in [-0.2, -0.15) is 0 Å². The highest BCUT2D eigenvalue weighted by Crippen LogP contribution is 2.22. The predicted molar refractivity (Wildman–Crippen MR) is 121 cm³/mol. The van der Waals surface area contributed by atoms with E-state index in [0.717, 1.165) is 36.7 Å². The number of carbonyl (C=O) groups excluding carboxylic acids is 1. The molecule has 1 unspecified atom stereocenters. The third-order valence-corrected chi connectivity index (χ3v) is 5.66. The summed E-state index contributed by atoms with van der Waals surface area (Å²) >= 11 is 0. The Hall–Kier alpha value is -2.97. The van der Waals surface area contributed by atoms with E-state index in [-0.39, 0.29) is 5.91 Å². The van der Waals surface area contributed by atoms with Gasteiger partial charge in [-0.15, -0.1) is 0 Å². The second-order valence-corrected chi connectivity index (χ2v) is 8.53. The Labute approximate surface area is 182 Å². The fourth-order valence-corrected chi connectivity index (χ4v) is 3.62. The van der Waals surface area contributed by atoms with Gasteiger partial charge in [0.05, 0.1) is 23.2 Å². The lowest BCUT2D eigenvalue weighted by Gasteiger charge is -2.24. The molecule has 0 radical (unpaired) electrons. The molecule has 4 rings (SSSR count). The summed E-state index contributed by atoms with van der Waals surface area (Å²) in [6, 6.07) is 9.94. The fraction of sp³-hybridized carbons (Fsp3) is 0.435. The Morgan fingerprint density at radius 2 is 2.23 bits per heavy atom. The molecule has 1 atom stereocenters. The average Bonchev–Trinajstić information content (AvgIpc) is 3.22. The quantitative estimate of drug-likeness (QED) is 0.542. The van der Waals surface area contributed by atoms with E-state index >= 15 is 0 Å². The van der Waals surface area contributed by atoms with Crippen molar-refractivity contribution in [3.05, 3.63) is 48.3 Å². The van der Waals surface area contributed by atoms with Crippen LogP contribution in [0.3, 0.4) is 0 Å². The van der Waals surface area contributed by atoms with E-state index in [1.807, 2.05) is 42.6 Å². The number of piperidine rings is 1. The van der Waals surface area contributed by atoms with Gasteiger partial charge in [0.2, 0.25) is 0 Å². The molecule has 3 N–H and O–H groups in total. The first kappa shape index (κ1) is 21.3. The van der Waals surface area contributed by atoms with E-state index in [9.17, 15) is 4.79 Å². The maximum Gasteiger partial charge on any atom is 0.251 e. The zero-order valence-corrected chi connectivity index (χ0v) is 18.3. The van der Waals surface area contributed by atoms with Crippen LogP contribution in [0.1, 0.15) is 37.0 Å². The summed E-state index contributed by atoms with van der Waals surface area (Å²) in [5.74, 6) is 0.709. The van der Waals surface area contributed by atoms with Crippen molar-refractivity contribution in [1.82, 2.24) is 25.0 Å². The zero-order valence-electron chi connectivity index (χ0n) is 18.3. The van der Waals surface area contributed by atoms with Crippen molar-refractivity contribution in [3.63, 3.8) is 0 Å². The summed E-state index contributed by atoms with van der Waals surface area (Å²) in [6.07, 6.45) is 5.96. The number of amides is 1. The van der Waals surface area contributed by atoms with Gasteiger partial charge >= 0.3 is 0 Å².